The van der Waals surface area contributed by atoms with Gasteiger partial charge in [-0.1, -0.05) is 62.4 Å². The van der Waals surface area contributed by atoms with Crippen molar-refractivity contribution in [2.75, 3.05) is 18.9 Å². The fraction of sp³-hybridized carbons (Fsp3) is 0.391. The van der Waals surface area contributed by atoms with Crippen molar-refractivity contribution in [1.29, 1.82) is 0 Å². The van der Waals surface area contributed by atoms with Crippen LogP contribution in [0.5, 0.6) is 0 Å². The molecule has 1 aliphatic rings. The summed E-state index contributed by atoms with van der Waals surface area (Å²) in [5.41, 5.74) is 10.9. The number of hydrogen-bond acceptors (Lipinski definition) is 2. The van der Waals surface area contributed by atoms with Gasteiger partial charge in [-0.05, 0) is 29.5 Å². The molecule has 148 valence electrons. The Balaban J connectivity index is 1.76. The van der Waals surface area contributed by atoms with Crippen molar-refractivity contribution in [3.05, 3.63) is 65.2 Å². The van der Waals surface area contributed by atoms with Crippen molar-refractivity contribution in [2.24, 2.45) is 16.6 Å². The molecule has 2 atom stereocenters. The lowest BCUT2D eigenvalue weighted by molar-refractivity contribution is -0.127. The molecular formula is C23H30N4O. The molecular weight excluding hydrogens is 348 g/mol. The summed E-state index contributed by atoms with van der Waals surface area (Å²) in [7, 11) is 1.87. The molecule has 5 nitrogen and oxygen atoms in total. The summed E-state index contributed by atoms with van der Waals surface area (Å²) in [4.78, 5) is 18.7. The van der Waals surface area contributed by atoms with Crippen LogP contribution in [0.25, 0.3) is 0 Å². The van der Waals surface area contributed by atoms with Gasteiger partial charge < -0.3 is 16.0 Å². The fourth-order valence-corrected chi connectivity index (χ4v) is 4.05. The number of aryl methyl sites for hydroxylation is 2. The number of nitrogens with two attached hydrogens (primary N) is 1. The lowest BCUT2D eigenvalue weighted by Gasteiger charge is -2.24. The van der Waals surface area contributed by atoms with E-state index in [1.165, 1.54) is 11.1 Å². The van der Waals surface area contributed by atoms with E-state index in [2.05, 4.69) is 54.5 Å². The van der Waals surface area contributed by atoms with E-state index in [1.807, 2.05) is 30.1 Å². The van der Waals surface area contributed by atoms with Crippen LogP contribution >= 0.6 is 0 Å². The number of carbonyl (C=O) groups excluding carboxylic acids is 1. The molecule has 3 N–H and O–H groups in total. The van der Waals surface area contributed by atoms with Gasteiger partial charge in [0.15, 0.2) is 5.96 Å². The van der Waals surface area contributed by atoms with Crippen molar-refractivity contribution < 1.29 is 4.79 Å². The first-order valence-corrected chi connectivity index (χ1v) is 10.0. The minimum Gasteiger partial charge on any atom is -0.370 e. The molecule has 0 aromatic heterocycles. The highest BCUT2D eigenvalue weighted by molar-refractivity contribution is 5.94. The molecule has 1 amide bonds. The fourth-order valence-electron chi connectivity index (χ4n) is 4.05. The number of nitrogens with one attached hydrogen (secondary N) is 1. The smallest absolute Gasteiger partial charge is 0.223 e. The number of nitrogens with zero attached hydrogens (tertiary/aromatic N) is 2. The summed E-state index contributed by atoms with van der Waals surface area (Å²) >= 11 is 0. The molecule has 3 rings (SSSR count). The second-order valence-electron chi connectivity index (χ2n) is 7.33. The Morgan fingerprint density at radius 2 is 1.75 bits per heavy atom. The molecule has 0 radical (unpaired) electrons. The Hall–Kier alpha value is -2.82. The average Bonchev–Trinajstić information content (AvgIpc) is 3.01. The number of benzene rings is 2. The third kappa shape index (κ3) is 4.19. The normalized spacial score (nSPS) is 19.9. The molecule has 0 saturated carbocycles. The number of likely N-dealkylation sites (tertiary alicyclic amines) is 1. The lowest BCUT2D eigenvalue weighted by Crippen LogP contribution is -2.27. The SMILES string of the molecule is CCc1cccc(CC)c1NC(N)=NCC1CC(=O)N(C)C1c1ccccc1. The number of aliphatic imine (C=N–C) groups is 1. The topological polar surface area (TPSA) is 70.7 Å². The minimum atomic E-state index is 0.0411. The van der Waals surface area contributed by atoms with Gasteiger partial charge in [0.25, 0.3) is 0 Å². The summed E-state index contributed by atoms with van der Waals surface area (Å²) in [6.07, 6.45) is 2.36. The van der Waals surface area contributed by atoms with Crippen LogP contribution in [-0.4, -0.2) is 30.4 Å². The Bertz CT molecular complexity index is 825. The largest absolute Gasteiger partial charge is 0.370 e. The highest BCUT2D eigenvalue weighted by Crippen LogP contribution is 2.37. The zero-order valence-electron chi connectivity index (χ0n) is 17.0. The second kappa shape index (κ2) is 8.91. The quantitative estimate of drug-likeness (QED) is 0.594. The van der Waals surface area contributed by atoms with E-state index in [9.17, 15) is 4.79 Å². The molecule has 1 saturated heterocycles. The van der Waals surface area contributed by atoms with E-state index in [4.69, 9.17) is 5.73 Å². The number of anilines is 1. The van der Waals surface area contributed by atoms with E-state index >= 15 is 0 Å². The maximum Gasteiger partial charge on any atom is 0.223 e. The first kappa shape index (κ1) is 19.9. The number of carbonyl (C=O) groups is 1. The zero-order chi connectivity index (χ0) is 20.1. The van der Waals surface area contributed by atoms with Gasteiger partial charge in [-0.25, -0.2) is 0 Å². The van der Waals surface area contributed by atoms with Crippen LogP contribution in [0.4, 0.5) is 5.69 Å². The first-order valence-electron chi connectivity index (χ1n) is 10.0. The van der Waals surface area contributed by atoms with Crippen molar-refractivity contribution in [3.8, 4) is 0 Å². The van der Waals surface area contributed by atoms with Gasteiger partial charge in [-0.3, -0.25) is 9.79 Å². The predicted molar refractivity (Wildman–Crippen MR) is 115 cm³/mol. The molecule has 2 unspecified atom stereocenters. The molecule has 0 spiro atoms. The number of guanidine groups is 1. The summed E-state index contributed by atoms with van der Waals surface area (Å²) < 4.78 is 0. The standard InChI is InChI=1S/C23H30N4O/c1-4-16-12-9-13-17(5-2)21(16)26-23(24)25-15-19-14-20(28)27(3)22(19)18-10-7-6-8-11-18/h6-13,19,22H,4-5,14-15H2,1-3H3,(H3,24,25,26). The number of hydrogen-bond donors (Lipinski definition) is 2. The van der Waals surface area contributed by atoms with Gasteiger partial charge in [-0.2, -0.15) is 0 Å². The summed E-state index contributed by atoms with van der Waals surface area (Å²) in [5, 5.41) is 3.31. The molecule has 28 heavy (non-hydrogen) atoms. The third-order valence-corrected chi connectivity index (χ3v) is 5.58. The van der Waals surface area contributed by atoms with E-state index in [0.717, 1.165) is 24.1 Å². The first-order chi connectivity index (χ1) is 13.5. The van der Waals surface area contributed by atoms with Gasteiger partial charge >= 0.3 is 0 Å². The maximum atomic E-state index is 12.3. The van der Waals surface area contributed by atoms with E-state index in [0.29, 0.717) is 18.9 Å². The summed E-state index contributed by atoms with van der Waals surface area (Å²) in [6, 6.07) is 16.5. The predicted octanol–water partition coefficient (Wildman–Crippen LogP) is 3.76. The highest BCUT2D eigenvalue weighted by Gasteiger charge is 2.38. The molecule has 1 heterocycles. The molecule has 2 aromatic carbocycles. The zero-order valence-corrected chi connectivity index (χ0v) is 17.0. The Labute approximate surface area is 167 Å². The molecule has 1 aliphatic heterocycles. The van der Waals surface area contributed by atoms with Crippen LogP contribution < -0.4 is 11.1 Å². The van der Waals surface area contributed by atoms with E-state index < -0.39 is 0 Å². The Morgan fingerprint density at radius 3 is 2.36 bits per heavy atom. The van der Waals surface area contributed by atoms with Crippen molar-refractivity contribution in [2.45, 2.75) is 39.2 Å². The molecule has 2 aromatic rings. The Kier molecular flexibility index (Phi) is 6.34. The number of rotatable bonds is 6. The number of amides is 1. The minimum absolute atomic E-state index is 0.0411. The molecule has 1 fully saturated rings. The van der Waals surface area contributed by atoms with E-state index in [-0.39, 0.29) is 17.9 Å². The average molecular weight is 379 g/mol. The monoisotopic (exact) mass is 378 g/mol. The van der Waals surface area contributed by atoms with Crippen LogP contribution in [-0.2, 0) is 17.6 Å². The second-order valence-corrected chi connectivity index (χ2v) is 7.33. The van der Waals surface area contributed by atoms with Crippen molar-refractivity contribution in [3.63, 3.8) is 0 Å². The Morgan fingerprint density at radius 1 is 1.11 bits per heavy atom. The van der Waals surface area contributed by atoms with Gasteiger partial charge in [0.2, 0.25) is 5.91 Å². The maximum absolute atomic E-state index is 12.3. The van der Waals surface area contributed by atoms with Gasteiger partial charge in [0, 0.05) is 31.6 Å². The van der Waals surface area contributed by atoms with Crippen LogP contribution in [0.15, 0.2) is 53.5 Å². The van der Waals surface area contributed by atoms with Gasteiger partial charge in [-0.15, -0.1) is 0 Å². The van der Waals surface area contributed by atoms with E-state index in [1.54, 1.807) is 0 Å². The van der Waals surface area contributed by atoms with Gasteiger partial charge in [0.05, 0.1) is 6.04 Å². The summed E-state index contributed by atoms with van der Waals surface area (Å²) in [5.74, 6) is 0.682. The van der Waals surface area contributed by atoms with Gasteiger partial charge in [0.1, 0.15) is 0 Å². The molecule has 5 heteroatoms. The number of para-hydroxylation sites is 1. The van der Waals surface area contributed by atoms with Crippen LogP contribution in [0.2, 0.25) is 0 Å². The molecule has 0 bridgehead atoms. The molecule has 0 aliphatic carbocycles. The van der Waals surface area contributed by atoms with Crippen LogP contribution in [0, 0.1) is 5.92 Å². The lowest BCUT2D eigenvalue weighted by atomic mass is 9.94. The van der Waals surface area contributed by atoms with Crippen molar-refractivity contribution >= 4 is 17.6 Å². The van der Waals surface area contributed by atoms with Crippen molar-refractivity contribution in [1.82, 2.24) is 4.90 Å². The van der Waals surface area contributed by atoms with Crippen LogP contribution in [0.3, 0.4) is 0 Å². The third-order valence-electron chi connectivity index (χ3n) is 5.58. The van der Waals surface area contributed by atoms with Crippen LogP contribution in [0.1, 0.15) is 43.0 Å². The highest BCUT2D eigenvalue weighted by atomic mass is 16.2. The summed E-state index contributed by atoms with van der Waals surface area (Å²) in [6.45, 7) is 4.79.